The summed E-state index contributed by atoms with van der Waals surface area (Å²) in [6.07, 6.45) is 0.0591. The Morgan fingerprint density at radius 2 is 2.09 bits per heavy atom. The molecule has 0 saturated carbocycles. The van der Waals surface area contributed by atoms with E-state index in [1.165, 1.54) is 0 Å². The van der Waals surface area contributed by atoms with Gasteiger partial charge in [0.1, 0.15) is 0 Å². The standard InChI is InChI=1S/C17H23N3O3/c1-13-9-19(10-15(23-13)14-5-3-2-4-6-14)12-17(22)20-8-7-18-16(21)11-20/h2-6,13,15H,7-12H2,1H3,(H,18,21)/t13-,15+/m0/s1. The minimum Gasteiger partial charge on any atom is -0.368 e. The van der Waals surface area contributed by atoms with Gasteiger partial charge in [0.05, 0.1) is 25.3 Å². The molecule has 1 N–H and O–H groups in total. The van der Waals surface area contributed by atoms with Crippen LogP contribution in [0, 0.1) is 0 Å². The van der Waals surface area contributed by atoms with Crippen molar-refractivity contribution in [3.8, 4) is 0 Å². The molecule has 2 saturated heterocycles. The maximum atomic E-state index is 12.4. The first-order valence-electron chi connectivity index (χ1n) is 8.09. The van der Waals surface area contributed by atoms with Crippen molar-refractivity contribution in [3.05, 3.63) is 35.9 Å². The Balaban J connectivity index is 1.61. The number of nitrogens with one attached hydrogen (secondary N) is 1. The molecule has 2 aliphatic rings. The second-order valence-electron chi connectivity index (χ2n) is 6.21. The number of hydrogen-bond donors (Lipinski definition) is 1. The smallest absolute Gasteiger partial charge is 0.239 e. The fourth-order valence-corrected chi connectivity index (χ4v) is 3.16. The molecular weight excluding hydrogens is 294 g/mol. The van der Waals surface area contributed by atoms with Gasteiger partial charge in [0, 0.05) is 26.2 Å². The molecule has 0 aliphatic carbocycles. The van der Waals surface area contributed by atoms with Crippen LogP contribution in [0.4, 0.5) is 0 Å². The highest BCUT2D eigenvalue weighted by atomic mass is 16.5. The molecule has 6 heteroatoms. The van der Waals surface area contributed by atoms with Crippen molar-refractivity contribution in [3.63, 3.8) is 0 Å². The zero-order valence-corrected chi connectivity index (χ0v) is 13.4. The molecule has 1 aromatic carbocycles. The van der Waals surface area contributed by atoms with Crippen LogP contribution in [0.25, 0.3) is 0 Å². The second-order valence-corrected chi connectivity index (χ2v) is 6.21. The number of benzene rings is 1. The van der Waals surface area contributed by atoms with Crippen LogP contribution < -0.4 is 5.32 Å². The summed E-state index contributed by atoms with van der Waals surface area (Å²) in [5.74, 6) is -0.0668. The topological polar surface area (TPSA) is 61.9 Å². The van der Waals surface area contributed by atoms with Crippen LogP contribution >= 0.6 is 0 Å². The van der Waals surface area contributed by atoms with Crippen molar-refractivity contribution in [2.75, 3.05) is 39.3 Å². The number of carbonyl (C=O) groups is 2. The van der Waals surface area contributed by atoms with E-state index >= 15 is 0 Å². The van der Waals surface area contributed by atoms with Gasteiger partial charge in [-0.2, -0.15) is 0 Å². The quantitative estimate of drug-likeness (QED) is 0.877. The second kappa shape index (κ2) is 7.10. The molecule has 0 unspecified atom stereocenters. The van der Waals surface area contributed by atoms with E-state index in [1.807, 2.05) is 25.1 Å². The zero-order chi connectivity index (χ0) is 16.2. The molecule has 2 atom stereocenters. The highest BCUT2D eigenvalue weighted by Crippen LogP contribution is 2.24. The van der Waals surface area contributed by atoms with E-state index in [-0.39, 0.29) is 30.6 Å². The number of morpholine rings is 1. The number of ether oxygens (including phenoxy) is 1. The largest absolute Gasteiger partial charge is 0.368 e. The Bertz CT molecular complexity index is 563. The molecule has 6 nitrogen and oxygen atoms in total. The monoisotopic (exact) mass is 317 g/mol. The Morgan fingerprint density at radius 3 is 2.83 bits per heavy atom. The number of piperazine rings is 1. The minimum absolute atomic E-state index is 0.0146. The lowest BCUT2D eigenvalue weighted by Gasteiger charge is -2.38. The molecular formula is C17H23N3O3. The SMILES string of the molecule is C[C@H]1CN(CC(=O)N2CCNC(=O)C2)C[C@H](c2ccccc2)O1. The fourth-order valence-electron chi connectivity index (χ4n) is 3.16. The molecule has 124 valence electrons. The molecule has 0 aromatic heterocycles. The first-order chi connectivity index (χ1) is 11.1. The van der Waals surface area contributed by atoms with Gasteiger partial charge in [-0.05, 0) is 12.5 Å². The fraction of sp³-hybridized carbons (Fsp3) is 0.529. The maximum absolute atomic E-state index is 12.4. The van der Waals surface area contributed by atoms with Crippen LogP contribution in [-0.2, 0) is 14.3 Å². The molecule has 3 rings (SSSR count). The molecule has 1 aromatic rings. The lowest BCUT2D eigenvalue weighted by molar-refractivity contribution is -0.142. The molecule has 0 bridgehead atoms. The van der Waals surface area contributed by atoms with Crippen LogP contribution in [0.15, 0.2) is 30.3 Å². The molecule has 2 fully saturated rings. The van der Waals surface area contributed by atoms with E-state index in [1.54, 1.807) is 4.90 Å². The van der Waals surface area contributed by atoms with Crippen LogP contribution in [0.3, 0.4) is 0 Å². The van der Waals surface area contributed by atoms with E-state index in [0.717, 1.165) is 12.1 Å². The molecule has 23 heavy (non-hydrogen) atoms. The van der Waals surface area contributed by atoms with Crippen molar-refractivity contribution in [2.45, 2.75) is 19.1 Å². The Labute approximate surface area is 136 Å². The van der Waals surface area contributed by atoms with Gasteiger partial charge in [0.15, 0.2) is 0 Å². The molecule has 2 aliphatic heterocycles. The number of hydrogen-bond acceptors (Lipinski definition) is 4. The third-order valence-corrected chi connectivity index (χ3v) is 4.26. The molecule has 0 spiro atoms. The molecule has 2 amide bonds. The van der Waals surface area contributed by atoms with E-state index in [0.29, 0.717) is 26.2 Å². The van der Waals surface area contributed by atoms with E-state index < -0.39 is 0 Å². The van der Waals surface area contributed by atoms with Crippen molar-refractivity contribution in [1.82, 2.24) is 15.1 Å². The minimum atomic E-state index is -0.0814. The third-order valence-electron chi connectivity index (χ3n) is 4.26. The predicted molar refractivity (Wildman–Crippen MR) is 85.8 cm³/mol. The highest BCUT2D eigenvalue weighted by molar-refractivity contribution is 5.86. The van der Waals surface area contributed by atoms with Gasteiger partial charge in [0.25, 0.3) is 0 Å². The Kier molecular flexibility index (Phi) is 4.93. The zero-order valence-electron chi connectivity index (χ0n) is 13.4. The normalized spacial score (nSPS) is 26.0. The van der Waals surface area contributed by atoms with Gasteiger partial charge in [0.2, 0.25) is 11.8 Å². The summed E-state index contributed by atoms with van der Waals surface area (Å²) in [4.78, 5) is 27.6. The van der Waals surface area contributed by atoms with Crippen LogP contribution in [0.1, 0.15) is 18.6 Å². The molecule has 2 heterocycles. The summed E-state index contributed by atoms with van der Waals surface area (Å²) >= 11 is 0. The summed E-state index contributed by atoms with van der Waals surface area (Å²) in [5, 5.41) is 2.74. The van der Waals surface area contributed by atoms with Gasteiger partial charge in [-0.1, -0.05) is 30.3 Å². The van der Waals surface area contributed by atoms with Gasteiger partial charge in [-0.25, -0.2) is 0 Å². The van der Waals surface area contributed by atoms with Gasteiger partial charge >= 0.3 is 0 Å². The number of nitrogens with zero attached hydrogens (tertiary/aromatic N) is 2. The third kappa shape index (κ3) is 4.09. The van der Waals surface area contributed by atoms with E-state index in [2.05, 4.69) is 22.3 Å². The lowest BCUT2D eigenvalue weighted by atomic mass is 10.1. The maximum Gasteiger partial charge on any atom is 0.239 e. The van der Waals surface area contributed by atoms with Gasteiger partial charge in [-0.15, -0.1) is 0 Å². The number of rotatable bonds is 3. The lowest BCUT2D eigenvalue weighted by Crippen LogP contribution is -2.54. The van der Waals surface area contributed by atoms with Crippen molar-refractivity contribution >= 4 is 11.8 Å². The molecule has 0 radical (unpaired) electrons. The summed E-state index contributed by atoms with van der Waals surface area (Å²) < 4.78 is 6.02. The first kappa shape index (κ1) is 16.0. The Hall–Kier alpha value is -1.92. The predicted octanol–water partition coefficient (Wildman–Crippen LogP) is 0.407. The van der Waals surface area contributed by atoms with Crippen LogP contribution in [-0.4, -0.2) is 67.0 Å². The summed E-state index contributed by atoms with van der Waals surface area (Å²) in [7, 11) is 0. The van der Waals surface area contributed by atoms with Crippen molar-refractivity contribution in [2.24, 2.45) is 0 Å². The highest BCUT2D eigenvalue weighted by Gasteiger charge is 2.29. The van der Waals surface area contributed by atoms with Gasteiger partial charge < -0.3 is 15.0 Å². The summed E-state index contributed by atoms with van der Waals surface area (Å²) in [6.45, 7) is 5.09. The first-order valence-corrected chi connectivity index (χ1v) is 8.09. The summed E-state index contributed by atoms with van der Waals surface area (Å²) in [5.41, 5.74) is 1.13. The number of carbonyl (C=O) groups excluding carboxylic acids is 2. The average Bonchev–Trinajstić information content (AvgIpc) is 2.55. The van der Waals surface area contributed by atoms with Crippen LogP contribution in [0.5, 0.6) is 0 Å². The summed E-state index contributed by atoms with van der Waals surface area (Å²) in [6, 6.07) is 10.1. The van der Waals surface area contributed by atoms with E-state index in [4.69, 9.17) is 4.74 Å². The van der Waals surface area contributed by atoms with Crippen molar-refractivity contribution < 1.29 is 14.3 Å². The Morgan fingerprint density at radius 1 is 1.30 bits per heavy atom. The average molecular weight is 317 g/mol. The van der Waals surface area contributed by atoms with Gasteiger partial charge in [-0.3, -0.25) is 14.5 Å². The van der Waals surface area contributed by atoms with Crippen LogP contribution in [0.2, 0.25) is 0 Å². The van der Waals surface area contributed by atoms with Crippen molar-refractivity contribution in [1.29, 1.82) is 0 Å². The number of amides is 2. The van der Waals surface area contributed by atoms with E-state index in [9.17, 15) is 9.59 Å².